The lowest BCUT2D eigenvalue weighted by Crippen LogP contribution is -2.25. The van der Waals surface area contributed by atoms with Gasteiger partial charge in [-0.15, -0.1) is 0 Å². The second kappa shape index (κ2) is 6.32. The van der Waals surface area contributed by atoms with Gasteiger partial charge in [-0.05, 0) is 37.5 Å². The number of carbonyl (C=O) groups is 2. The minimum atomic E-state index is -0.643. The Morgan fingerprint density at radius 3 is 2.40 bits per heavy atom. The average molecular weight is 334 g/mol. The zero-order chi connectivity index (χ0) is 18.2. The maximum Gasteiger partial charge on any atom is 0.307 e. The molecule has 0 heterocycles. The van der Waals surface area contributed by atoms with Crippen LogP contribution in [0.2, 0.25) is 0 Å². The van der Waals surface area contributed by atoms with Crippen molar-refractivity contribution in [2.75, 3.05) is 0 Å². The molecule has 1 aliphatic carbocycles. The Balaban J connectivity index is 2.27. The van der Waals surface area contributed by atoms with E-state index in [1.807, 2.05) is 69.3 Å². The summed E-state index contributed by atoms with van der Waals surface area (Å²) < 4.78 is 5.63. The van der Waals surface area contributed by atoms with Gasteiger partial charge in [-0.25, -0.2) is 0 Å². The number of ketones is 1. The van der Waals surface area contributed by atoms with E-state index < -0.39 is 11.4 Å². The zero-order valence-corrected chi connectivity index (χ0v) is 15.1. The fraction of sp³-hybridized carbons (Fsp3) is 0.273. The molecule has 0 amide bonds. The van der Waals surface area contributed by atoms with Gasteiger partial charge in [0.25, 0.3) is 0 Å². The van der Waals surface area contributed by atoms with Crippen LogP contribution in [0.5, 0.6) is 0 Å². The Hall–Kier alpha value is -2.68. The van der Waals surface area contributed by atoms with E-state index in [1.165, 1.54) is 6.92 Å². The number of hydrogen-bond donors (Lipinski definition) is 0. The molecular weight excluding hydrogens is 312 g/mol. The minimum absolute atomic E-state index is 0.0105. The van der Waals surface area contributed by atoms with E-state index in [0.717, 1.165) is 22.3 Å². The molecule has 3 nitrogen and oxygen atoms in total. The standard InChI is InChI=1S/C22H22O3/c1-14-10-11-15(2)18(12-14)20-19(24)13-22(4,21(20)25-16(3)23)17-8-6-5-7-9-17/h5-12H,13H2,1-4H3. The smallest absolute Gasteiger partial charge is 0.307 e. The summed E-state index contributed by atoms with van der Waals surface area (Å²) in [6, 6.07) is 15.8. The van der Waals surface area contributed by atoms with Crippen LogP contribution in [0.15, 0.2) is 54.3 Å². The summed E-state index contributed by atoms with van der Waals surface area (Å²) in [7, 11) is 0. The molecule has 25 heavy (non-hydrogen) atoms. The van der Waals surface area contributed by atoms with Crippen LogP contribution in [0.4, 0.5) is 0 Å². The monoisotopic (exact) mass is 334 g/mol. The molecule has 0 fully saturated rings. The Labute approximate surface area is 148 Å². The fourth-order valence-electron chi connectivity index (χ4n) is 3.52. The Morgan fingerprint density at radius 1 is 1.08 bits per heavy atom. The number of ether oxygens (including phenoxy) is 1. The lowest BCUT2D eigenvalue weighted by molar-refractivity contribution is -0.137. The van der Waals surface area contributed by atoms with Crippen LogP contribution in [0.3, 0.4) is 0 Å². The lowest BCUT2D eigenvalue weighted by atomic mass is 9.80. The van der Waals surface area contributed by atoms with Gasteiger partial charge in [-0.3, -0.25) is 9.59 Å². The first-order valence-corrected chi connectivity index (χ1v) is 8.42. The van der Waals surface area contributed by atoms with Crippen molar-refractivity contribution in [1.29, 1.82) is 0 Å². The lowest BCUT2D eigenvalue weighted by Gasteiger charge is -2.27. The highest BCUT2D eigenvalue weighted by Gasteiger charge is 2.46. The molecule has 0 aromatic heterocycles. The number of benzene rings is 2. The van der Waals surface area contributed by atoms with Gasteiger partial charge in [0.1, 0.15) is 5.76 Å². The van der Waals surface area contributed by atoms with Gasteiger partial charge in [0.05, 0.1) is 11.0 Å². The molecule has 3 rings (SSSR count). The summed E-state index contributed by atoms with van der Waals surface area (Å²) >= 11 is 0. The van der Waals surface area contributed by atoms with E-state index in [2.05, 4.69) is 0 Å². The number of hydrogen-bond acceptors (Lipinski definition) is 3. The highest BCUT2D eigenvalue weighted by Crippen LogP contribution is 2.47. The molecule has 0 saturated carbocycles. The van der Waals surface area contributed by atoms with Crippen LogP contribution < -0.4 is 0 Å². The van der Waals surface area contributed by atoms with Gasteiger partial charge in [0, 0.05) is 13.3 Å². The predicted octanol–water partition coefficient (Wildman–Crippen LogP) is 4.51. The van der Waals surface area contributed by atoms with Gasteiger partial charge in [-0.1, -0.05) is 54.1 Å². The van der Waals surface area contributed by atoms with Crippen LogP contribution in [0.1, 0.15) is 42.5 Å². The molecule has 1 aliphatic rings. The molecular formula is C22H22O3. The first kappa shape index (κ1) is 17.2. The average Bonchev–Trinajstić information content (AvgIpc) is 2.82. The van der Waals surface area contributed by atoms with Crippen molar-refractivity contribution in [3.05, 3.63) is 76.5 Å². The highest BCUT2D eigenvalue weighted by atomic mass is 16.5. The van der Waals surface area contributed by atoms with E-state index in [-0.39, 0.29) is 5.78 Å². The van der Waals surface area contributed by atoms with E-state index >= 15 is 0 Å². The fourth-order valence-corrected chi connectivity index (χ4v) is 3.52. The highest BCUT2D eigenvalue weighted by molar-refractivity contribution is 6.25. The van der Waals surface area contributed by atoms with Gasteiger partial charge in [0.2, 0.25) is 0 Å². The maximum atomic E-state index is 13.0. The molecule has 1 atom stereocenters. The molecule has 2 aromatic carbocycles. The van der Waals surface area contributed by atoms with E-state index in [9.17, 15) is 9.59 Å². The van der Waals surface area contributed by atoms with Crippen molar-refractivity contribution in [2.45, 2.75) is 39.5 Å². The molecule has 0 saturated heterocycles. The van der Waals surface area contributed by atoms with Crippen molar-refractivity contribution >= 4 is 17.3 Å². The summed E-state index contributed by atoms with van der Waals surface area (Å²) in [6.07, 6.45) is 0.294. The third-order valence-electron chi connectivity index (χ3n) is 4.84. The van der Waals surface area contributed by atoms with Gasteiger partial charge in [0.15, 0.2) is 5.78 Å². The molecule has 128 valence electrons. The van der Waals surface area contributed by atoms with Crippen LogP contribution in [-0.4, -0.2) is 11.8 Å². The molecule has 0 spiro atoms. The normalized spacial score (nSPS) is 20.1. The Morgan fingerprint density at radius 2 is 1.76 bits per heavy atom. The number of carbonyl (C=O) groups excluding carboxylic acids is 2. The minimum Gasteiger partial charge on any atom is -0.429 e. The zero-order valence-electron chi connectivity index (χ0n) is 15.1. The molecule has 0 N–H and O–H groups in total. The molecule has 0 radical (unpaired) electrons. The van der Waals surface area contributed by atoms with Crippen molar-refractivity contribution in [3.8, 4) is 0 Å². The maximum absolute atomic E-state index is 13.0. The quantitative estimate of drug-likeness (QED) is 0.776. The third kappa shape index (κ3) is 3.02. The third-order valence-corrected chi connectivity index (χ3v) is 4.84. The van der Waals surface area contributed by atoms with Crippen LogP contribution >= 0.6 is 0 Å². The second-order valence-electron chi connectivity index (χ2n) is 6.91. The molecule has 2 aromatic rings. The number of rotatable bonds is 3. The second-order valence-corrected chi connectivity index (χ2v) is 6.91. The van der Waals surface area contributed by atoms with Crippen LogP contribution in [0.25, 0.3) is 5.57 Å². The number of allylic oxidation sites excluding steroid dienone is 2. The van der Waals surface area contributed by atoms with Crippen molar-refractivity contribution in [1.82, 2.24) is 0 Å². The van der Waals surface area contributed by atoms with E-state index in [4.69, 9.17) is 4.74 Å². The van der Waals surface area contributed by atoms with Gasteiger partial charge < -0.3 is 4.74 Å². The van der Waals surface area contributed by atoms with E-state index in [1.54, 1.807) is 0 Å². The van der Waals surface area contributed by atoms with Crippen molar-refractivity contribution in [3.63, 3.8) is 0 Å². The number of esters is 1. The molecule has 0 bridgehead atoms. The van der Waals surface area contributed by atoms with Crippen molar-refractivity contribution < 1.29 is 14.3 Å². The SMILES string of the molecule is CC(=O)OC1=C(c2cc(C)ccc2C)C(=O)CC1(C)c1ccccc1. The Bertz CT molecular complexity index is 877. The first-order chi connectivity index (χ1) is 11.8. The summed E-state index contributed by atoms with van der Waals surface area (Å²) in [4.78, 5) is 24.8. The van der Waals surface area contributed by atoms with Gasteiger partial charge >= 0.3 is 5.97 Å². The largest absolute Gasteiger partial charge is 0.429 e. The summed E-state index contributed by atoms with van der Waals surface area (Å²) in [5.41, 5.74) is 3.77. The summed E-state index contributed by atoms with van der Waals surface area (Å²) in [6.45, 7) is 7.31. The topological polar surface area (TPSA) is 43.4 Å². The summed E-state index contributed by atoms with van der Waals surface area (Å²) in [5, 5.41) is 0. The summed E-state index contributed by atoms with van der Waals surface area (Å²) in [5.74, 6) is 0.0656. The molecule has 3 heteroatoms. The van der Waals surface area contributed by atoms with Crippen LogP contribution in [-0.2, 0) is 19.7 Å². The molecule has 1 unspecified atom stereocenters. The van der Waals surface area contributed by atoms with E-state index in [0.29, 0.717) is 17.8 Å². The van der Waals surface area contributed by atoms with Gasteiger partial charge in [-0.2, -0.15) is 0 Å². The Kier molecular flexibility index (Phi) is 4.34. The predicted molar refractivity (Wildman–Crippen MR) is 98.0 cm³/mol. The van der Waals surface area contributed by atoms with Crippen molar-refractivity contribution in [2.24, 2.45) is 0 Å². The number of Topliss-reactive ketones (excluding diaryl/α,β-unsaturated/α-hetero) is 1. The first-order valence-electron chi connectivity index (χ1n) is 8.42. The molecule has 0 aliphatic heterocycles. The van der Waals surface area contributed by atoms with Crippen LogP contribution in [0, 0.1) is 13.8 Å². The number of aryl methyl sites for hydroxylation is 2.